The molecule has 0 fully saturated rings. The lowest BCUT2D eigenvalue weighted by Crippen LogP contribution is -1.86. The molecule has 3 N–H and O–H groups in total. The van der Waals surface area contributed by atoms with Crippen LogP contribution in [-0.4, -0.2) is 11.4 Å². The van der Waals surface area contributed by atoms with Crippen molar-refractivity contribution >= 4 is 17.7 Å². The summed E-state index contributed by atoms with van der Waals surface area (Å²) in [5.41, 5.74) is 5.43. The average molecular weight is 165 g/mol. The van der Waals surface area contributed by atoms with E-state index in [-0.39, 0.29) is 11.4 Å². The molecular weight excluding hydrogens is 158 g/mol. The normalized spacial score (nSPS) is 10.3. The number of rotatable bonds is 2. The number of nitroso groups, excluding NO2 is 1. The van der Waals surface area contributed by atoms with Crippen LogP contribution in [0.15, 0.2) is 28.4 Å². The van der Waals surface area contributed by atoms with Gasteiger partial charge in [-0.05, 0) is 17.3 Å². The Labute approximate surface area is 68.5 Å². The summed E-state index contributed by atoms with van der Waals surface area (Å²) in [7, 11) is 0. The zero-order chi connectivity index (χ0) is 8.97. The van der Waals surface area contributed by atoms with Crippen LogP contribution in [-0.2, 0) is 0 Å². The van der Waals surface area contributed by atoms with Gasteiger partial charge in [-0.3, -0.25) is 0 Å². The number of benzene rings is 1. The highest BCUT2D eigenvalue weighted by atomic mass is 16.3. The quantitative estimate of drug-likeness (QED) is 0.394. The third-order valence-corrected chi connectivity index (χ3v) is 1.27. The van der Waals surface area contributed by atoms with Gasteiger partial charge in [0.15, 0.2) is 0 Å². The minimum Gasteiger partial charge on any atom is -0.508 e. The molecule has 0 amide bonds. The highest BCUT2D eigenvalue weighted by molar-refractivity contribution is 5.69. The molecule has 0 aliphatic heterocycles. The van der Waals surface area contributed by atoms with Gasteiger partial charge in [0.1, 0.15) is 11.4 Å². The van der Waals surface area contributed by atoms with E-state index in [9.17, 15) is 4.91 Å². The van der Waals surface area contributed by atoms with Crippen LogP contribution in [0.4, 0.5) is 11.4 Å². The molecule has 0 saturated carbocycles. The summed E-state index contributed by atoms with van der Waals surface area (Å²) < 4.78 is 0. The van der Waals surface area contributed by atoms with E-state index in [0.717, 1.165) is 6.34 Å². The van der Waals surface area contributed by atoms with Gasteiger partial charge in [0.2, 0.25) is 0 Å². The Kier molecular flexibility index (Phi) is 2.37. The molecule has 1 aromatic carbocycles. The molecule has 62 valence electrons. The molecule has 5 nitrogen and oxygen atoms in total. The molecule has 1 aromatic rings. The number of aliphatic imine (C=N–C) groups is 1. The highest BCUT2D eigenvalue weighted by Crippen LogP contribution is 2.30. The Hall–Kier alpha value is -1.91. The van der Waals surface area contributed by atoms with Gasteiger partial charge in [0.25, 0.3) is 0 Å². The summed E-state index contributed by atoms with van der Waals surface area (Å²) in [5.74, 6) is -0.0272. The summed E-state index contributed by atoms with van der Waals surface area (Å²) in [6.45, 7) is 0. The van der Waals surface area contributed by atoms with Crippen LogP contribution >= 0.6 is 0 Å². The van der Waals surface area contributed by atoms with Gasteiger partial charge in [0, 0.05) is 6.07 Å². The Morgan fingerprint density at radius 3 is 2.75 bits per heavy atom. The lowest BCUT2D eigenvalue weighted by Gasteiger charge is -1.96. The predicted octanol–water partition coefficient (Wildman–Crippen LogP) is 1.41. The van der Waals surface area contributed by atoms with Crippen molar-refractivity contribution in [1.29, 1.82) is 0 Å². The van der Waals surface area contributed by atoms with Crippen molar-refractivity contribution in [3.05, 3.63) is 23.1 Å². The largest absolute Gasteiger partial charge is 0.508 e. The Morgan fingerprint density at radius 2 is 2.17 bits per heavy atom. The van der Waals surface area contributed by atoms with Crippen LogP contribution in [0.2, 0.25) is 0 Å². The average Bonchev–Trinajstić information content (AvgIpc) is 2.08. The van der Waals surface area contributed by atoms with E-state index < -0.39 is 0 Å². The lowest BCUT2D eigenvalue weighted by atomic mass is 10.2. The maximum Gasteiger partial charge on any atom is 0.137 e. The van der Waals surface area contributed by atoms with Gasteiger partial charge in [-0.2, -0.15) is 0 Å². The number of phenols is 1. The lowest BCUT2D eigenvalue weighted by molar-refractivity contribution is 0.475. The Balaban J connectivity index is 3.19. The van der Waals surface area contributed by atoms with E-state index in [2.05, 4.69) is 10.2 Å². The first-order valence-corrected chi connectivity index (χ1v) is 3.18. The first-order valence-electron chi connectivity index (χ1n) is 3.18. The predicted molar refractivity (Wildman–Crippen MR) is 45.9 cm³/mol. The smallest absolute Gasteiger partial charge is 0.137 e. The molecule has 12 heavy (non-hydrogen) atoms. The third-order valence-electron chi connectivity index (χ3n) is 1.27. The second kappa shape index (κ2) is 3.47. The first kappa shape index (κ1) is 8.19. The number of hydrogen-bond donors (Lipinski definition) is 2. The van der Waals surface area contributed by atoms with Gasteiger partial charge >= 0.3 is 0 Å². The fourth-order valence-electron chi connectivity index (χ4n) is 0.774. The van der Waals surface area contributed by atoms with Crippen LogP contribution in [0.1, 0.15) is 0 Å². The van der Waals surface area contributed by atoms with Crippen molar-refractivity contribution in [3.8, 4) is 5.75 Å². The van der Waals surface area contributed by atoms with E-state index in [1.54, 1.807) is 0 Å². The molecule has 0 atom stereocenters. The fourth-order valence-corrected chi connectivity index (χ4v) is 0.774. The highest BCUT2D eigenvalue weighted by Gasteiger charge is 2.01. The van der Waals surface area contributed by atoms with Gasteiger partial charge in [0.05, 0.1) is 12.0 Å². The van der Waals surface area contributed by atoms with Gasteiger partial charge < -0.3 is 10.8 Å². The molecule has 0 heterocycles. The van der Waals surface area contributed by atoms with E-state index in [1.165, 1.54) is 18.2 Å². The van der Waals surface area contributed by atoms with Gasteiger partial charge in [-0.25, -0.2) is 4.99 Å². The number of hydrogen-bond acceptors (Lipinski definition) is 4. The molecule has 5 heteroatoms. The van der Waals surface area contributed by atoms with Crippen molar-refractivity contribution in [2.75, 3.05) is 0 Å². The summed E-state index contributed by atoms with van der Waals surface area (Å²) >= 11 is 0. The SMILES string of the molecule is NC=Nc1ccc(O)cc1N=O. The molecule has 0 radical (unpaired) electrons. The van der Waals surface area contributed by atoms with Crippen LogP contribution in [0.25, 0.3) is 0 Å². The van der Waals surface area contributed by atoms with Crippen LogP contribution < -0.4 is 5.73 Å². The van der Waals surface area contributed by atoms with Crippen molar-refractivity contribution in [2.45, 2.75) is 0 Å². The van der Waals surface area contributed by atoms with Crippen LogP contribution in [0, 0.1) is 4.91 Å². The molecule has 0 aliphatic rings. The number of aromatic hydroxyl groups is 1. The Morgan fingerprint density at radius 1 is 1.42 bits per heavy atom. The van der Waals surface area contributed by atoms with Crippen molar-refractivity contribution in [2.24, 2.45) is 15.9 Å². The minimum atomic E-state index is -0.0272. The number of nitrogens with zero attached hydrogens (tertiary/aromatic N) is 2. The standard InChI is InChI=1S/C7H7N3O2/c8-4-9-6-2-1-5(11)3-7(6)10-12/h1-4,11H,(H2,8,9). The van der Waals surface area contributed by atoms with Crippen LogP contribution in [0.5, 0.6) is 5.75 Å². The third kappa shape index (κ3) is 1.57. The van der Waals surface area contributed by atoms with Crippen molar-refractivity contribution in [1.82, 2.24) is 0 Å². The molecule has 0 spiro atoms. The van der Waals surface area contributed by atoms with E-state index in [0.29, 0.717) is 5.69 Å². The van der Waals surface area contributed by atoms with Crippen molar-refractivity contribution < 1.29 is 5.11 Å². The molecular formula is C7H7N3O2. The zero-order valence-electron chi connectivity index (χ0n) is 6.14. The molecule has 1 rings (SSSR count). The van der Waals surface area contributed by atoms with Crippen LogP contribution in [0.3, 0.4) is 0 Å². The fraction of sp³-hybridized carbons (Fsp3) is 0. The molecule has 0 bridgehead atoms. The minimum absolute atomic E-state index is 0.0272. The summed E-state index contributed by atoms with van der Waals surface area (Å²) in [4.78, 5) is 13.8. The summed E-state index contributed by atoms with van der Waals surface area (Å²) in [6, 6.07) is 4.07. The summed E-state index contributed by atoms with van der Waals surface area (Å²) in [6.07, 6.45) is 1.06. The zero-order valence-corrected chi connectivity index (χ0v) is 6.14. The topological polar surface area (TPSA) is 88.0 Å². The number of phenolic OH excluding ortho intramolecular Hbond substituents is 1. The second-order valence-electron chi connectivity index (χ2n) is 2.04. The maximum atomic E-state index is 10.2. The van der Waals surface area contributed by atoms with E-state index >= 15 is 0 Å². The van der Waals surface area contributed by atoms with E-state index in [4.69, 9.17) is 10.8 Å². The molecule has 0 saturated heterocycles. The van der Waals surface area contributed by atoms with Gasteiger partial charge in [-0.15, -0.1) is 4.91 Å². The van der Waals surface area contributed by atoms with E-state index in [1.807, 2.05) is 0 Å². The molecule has 0 unspecified atom stereocenters. The summed E-state index contributed by atoms with van der Waals surface area (Å²) in [5, 5.41) is 11.6. The molecule has 0 aromatic heterocycles. The molecule has 0 aliphatic carbocycles. The monoisotopic (exact) mass is 165 g/mol. The first-order chi connectivity index (χ1) is 5.77. The van der Waals surface area contributed by atoms with Crippen molar-refractivity contribution in [3.63, 3.8) is 0 Å². The van der Waals surface area contributed by atoms with Gasteiger partial charge in [-0.1, -0.05) is 0 Å². The Bertz CT molecular complexity index is 322. The second-order valence-corrected chi connectivity index (χ2v) is 2.04. The maximum absolute atomic E-state index is 10.2. The number of nitrogens with two attached hydrogens (primary N) is 1.